The number of benzene rings is 1. The summed E-state index contributed by atoms with van der Waals surface area (Å²) in [6, 6.07) is 9.92. The van der Waals surface area contributed by atoms with Gasteiger partial charge in [-0.3, -0.25) is 0 Å². The fourth-order valence-electron chi connectivity index (χ4n) is 1.95. The fraction of sp³-hybridized carbons (Fsp3) is 0.571. The predicted octanol–water partition coefficient (Wildman–Crippen LogP) is 1.72. The van der Waals surface area contributed by atoms with E-state index in [0.717, 1.165) is 5.56 Å². The molecule has 1 saturated heterocycles. The van der Waals surface area contributed by atoms with Gasteiger partial charge in [0.1, 0.15) is 12.2 Å². The van der Waals surface area contributed by atoms with Crippen LogP contribution in [0.4, 0.5) is 0 Å². The summed E-state index contributed by atoms with van der Waals surface area (Å²) in [5.74, 6) is -0.653. The first kappa shape index (κ1) is 13.5. The van der Waals surface area contributed by atoms with Crippen molar-refractivity contribution in [2.45, 2.75) is 38.4 Å². The lowest BCUT2D eigenvalue weighted by atomic mass is 10.1. The van der Waals surface area contributed by atoms with Crippen molar-refractivity contribution < 1.29 is 19.3 Å². The molecule has 0 aliphatic carbocycles. The van der Waals surface area contributed by atoms with E-state index in [-0.39, 0.29) is 18.8 Å². The van der Waals surface area contributed by atoms with Crippen molar-refractivity contribution in [3.05, 3.63) is 35.9 Å². The molecule has 1 heterocycles. The van der Waals surface area contributed by atoms with E-state index in [1.807, 2.05) is 44.2 Å². The molecule has 2 atom stereocenters. The summed E-state index contributed by atoms with van der Waals surface area (Å²) in [4.78, 5) is 0. The number of aliphatic hydroxyl groups excluding tert-OH is 1. The van der Waals surface area contributed by atoms with Gasteiger partial charge in [-0.25, -0.2) is 0 Å². The SMILES string of the molecule is CC1(C)OC[C@@H](OCc2ccccc2)[C@H](CO)O1. The lowest BCUT2D eigenvalue weighted by Gasteiger charge is -2.40. The van der Waals surface area contributed by atoms with Crippen LogP contribution in [-0.4, -0.2) is 36.3 Å². The van der Waals surface area contributed by atoms with Gasteiger partial charge in [-0.1, -0.05) is 30.3 Å². The maximum atomic E-state index is 9.33. The molecule has 0 unspecified atom stereocenters. The van der Waals surface area contributed by atoms with Crippen molar-refractivity contribution in [3.63, 3.8) is 0 Å². The molecule has 2 rings (SSSR count). The van der Waals surface area contributed by atoms with Crippen molar-refractivity contribution in [1.29, 1.82) is 0 Å². The zero-order chi connectivity index (χ0) is 13.0. The minimum atomic E-state index is -0.653. The molecule has 1 fully saturated rings. The number of aliphatic hydroxyl groups is 1. The van der Waals surface area contributed by atoms with Crippen molar-refractivity contribution in [2.24, 2.45) is 0 Å². The Balaban J connectivity index is 1.89. The Labute approximate surface area is 107 Å². The van der Waals surface area contributed by atoms with E-state index in [9.17, 15) is 5.11 Å². The van der Waals surface area contributed by atoms with Crippen LogP contribution < -0.4 is 0 Å². The molecule has 1 aliphatic heterocycles. The Hall–Kier alpha value is -0.940. The van der Waals surface area contributed by atoms with Crippen LogP contribution in [-0.2, 0) is 20.8 Å². The molecular weight excluding hydrogens is 232 g/mol. The zero-order valence-electron chi connectivity index (χ0n) is 10.8. The van der Waals surface area contributed by atoms with Crippen molar-refractivity contribution in [1.82, 2.24) is 0 Å². The highest BCUT2D eigenvalue weighted by Crippen LogP contribution is 2.24. The molecule has 0 spiro atoms. The summed E-state index contributed by atoms with van der Waals surface area (Å²) in [6.07, 6.45) is -0.569. The topological polar surface area (TPSA) is 47.9 Å². The highest BCUT2D eigenvalue weighted by molar-refractivity contribution is 5.13. The summed E-state index contributed by atoms with van der Waals surface area (Å²) in [5, 5.41) is 9.33. The third-order valence-electron chi connectivity index (χ3n) is 2.93. The second-order valence-electron chi connectivity index (χ2n) is 4.88. The van der Waals surface area contributed by atoms with Crippen molar-refractivity contribution in [3.8, 4) is 0 Å². The van der Waals surface area contributed by atoms with E-state index in [4.69, 9.17) is 14.2 Å². The molecule has 1 aromatic rings. The van der Waals surface area contributed by atoms with Crippen LogP contribution in [0.2, 0.25) is 0 Å². The van der Waals surface area contributed by atoms with E-state index in [1.165, 1.54) is 0 Å². The third kappa shape index (κ3) is 3.53. The van der Waals surface area contributed by atoms with Gasteiger partial charge in [0, 0.05) is 0 Å². The number of ether oxygens (including phenoxy) is 3. The molecule has 4 heteroatoms. The lowest BCUT2D eigenvalue weighted by Crippen LogP contribution is -2.51. The van der Waals surface area contributed by atoms with E-state index < -0.39 is 5.79 Å². The maximum Gasteiger partial charge on any atom is 0.163 e. The molecule has 1 aliphatic rings. The first-order chi connectivity index (χ1) is 8.61. The molecule has 0 aromatic heterocycles. The smallest absolute Gasteiger partial charge is 0.163 e. The highest BCUT2D eigenvalue weighted by atomic mass is 16.7. The van der Waals surface area contributed by atoms with Crippen LogP contribution >= 0.6 is 0 Å². The van der Waals surface area contributed by atoms with Crippen LogP contribution in [0.25, 0.3) is 0 Å². The normalized spacial score (nSPS) is 27.1. The number of rotatable bonds is 4. The lowest BCUT2D eigenvalue weighted by molar-refractivity contribution is -0.316. The number of hydrogen-bond donors (Lipinski definition) is 1. The van der Waals surface area contributed by atoms with Crippen LogP contribution in [0.5, 0.6) is 0 Å². The average molecular weight is 252 g/mol. The minimum Gasteiger partial charge on any atom is -0.394 e. The quantitative estimate of drug-likeness (QED) is 0.886. The van der Waals surface area contributed by atoms with Gasteiger partial charge in [0.15, 0.2) is 5.79 Å². The van der Waals surface area contributed by atoms with Gasteiger partial charge in [-0.05, 0) is 19.4 Å². The molecule has 0 radical (unpaired) electrons. The average Bonchev–Trinajstić information content (AvgIpc) is 2.37. The standard InChI is InChI=1S/C14H20O4/c1-14(2)17-10-13(12(8-15)18-14)16-9-11-6-4-3-5-7-11/h3-7,12-13,15H,8-10H2,1-2H3/t12-,13+/m0/s1. The monoisotopic (exact) mass is 252 g/mol. The predicted molar refractivity (Wildman–Crippen MR) is 67.0 cm³/mol. The summed E-state index contributed by atoms with van der Waals surface area (Å²) in [5.41, 5.74) is 1.10. The highest BCUT2D eigenvalue weighted by Gasteiger charge is 2.36. The molecule has 0 saturated carbocycles. The van der Waals surface area contributed by atoms with Crippen molar-refractivity contribution in [2.75, 3.05) is 13.2 Å². The van der Waals surface area contributed by atoms with Crippen LogP contribution in [0.3, 0.4) is 0 Å². The van der Waals surface area contributed by atoms with Gasteiger partial charge >= 0.3 is 0 Å². The minimum absolute atomic E-state index is 0.0632. The van der Waals surface area contributed by atoms with Gasteiger partial charge in [0.05, 0.1) is 19.8 Å². The van der Waals surface area contributed by atoms with Crippen LogP contribution in [0.15, 0.2) is 30.3 Å². The first-order valence-electron chi connectivity index (χ1n) is 6.19. The van der Waals surface area contributed by atoms with Crippen LogP contribution in [0, 0.1) is 0 Å². The Bertz CT molecular complexity index is 363. The van der Waals surface area contributed by atoms with Gasteiger partial charge in [0.25, 0.3) is 0 Å². The molecule has 4 nitrogen and oxygen atoms in total. The van der Waals surface area contributed by atoms with E-state index in [2.05, 4.69) is 0 Å². The molecule has 0 bridgehead atoms. The van der Waals surface area contributed by atoms with E-state index >= 15 is 0 Å². The first-order valence-corrected chi connectivity index (χ1v) is 6.19. The van der Waals surface area contributed by atoms with Gasteiger partial charge < -0.3 is 19.3 Å². The largest absolute Gasteiger partial charge is 0.394 e. The second kappa shape index (κ2) is 5.80. The number of hydrogen-bond acceptors (Lipinski definition) is 4. The zero-order valence-corrected chi connectivity index (χ0v) is 10.8. The summed E-state index contributed by atoms with van der Waals surface area (Å²) < 4.78 is 16.9. The summed E-state index contributed by atoms with van der Waals surface area (Å²) in [6.45, 7) is 4.54. The second-order valence-corrected chi connectivity index (χ2v) is 4.88. The molecule has 1 N–H and O–H groups in total. The van der Waals surface area contributed by atoms with Gasteiger partial charge in [0.2, 0.25) is 0 Å². The molecule has 18 heavy (non-hydrogen) atoms. The summed E-state index contributed by atoms with van der Waals surface area (Å²) >= 11 is 0. The Kier molecular flexibility index (Phi) is 4.35. The Morgan fingerprint density at radius 1 is 1.33 bits per heavy atom. The molecule has 0 amide bonds. The Morgan fingerprint density at radius 3 is 2.72 bits per heavy atom. The summed E-state index contributed by atoms with van der Waals surface area (Å²) in [7, 11) is 0. The molecular formula is C14H20O4. The van der Waals surface area contributed by atoms with E-state index in [1.54, 1.807) is 0 Å². The molecule has 100 valence electrons. The molecule has 1 aromatic carbocycles. The third-order valence-corrected chi connectivity index (χ3v) is 2.93. The van der Waals surface area contributed by atoms with Gasteiger partial charge in [-0.2, -0.15) is 0 Å². The van der Waals surface area contributed by atoms with E-state index in [0.29, 0.717) is 13.2 Å². The maximum absolute atomic E-state index is 9.33. The van der Waals surface area contributed by atoms with Gasteiger partial charge in [-0.15, -0.1) is 0 Å². The van der Waals surface area contributed by atoms with Crippen LogP contribution in [0.1, 0.15) is 19.4 Å². The van der Waals surface area contributed by atoms with Crippen molar-refractivity contribution >= 4 is 0 Å². The Morgan fingerprint density at radius 2 is 2.06 bits per heavy atom. The fourth-order valence-corrected chi connectivity index (χ4v) is 1.95.